The number of hydrogen-bond acceptors (Lipinski definition) is 6. The highest BCUT2D eigenvalue weighted by Gasteiger charge is 2.15. The minimum atomic E-state index is -0.838. The molecule has 2 aromatic carbocycles. The highest BCUT2D eigenvalue weighted by molar-refractivity contribution is 8.02. The van der Waals surface area contributed by atoms with Crippen LogP contribution in [-0.4, -0.2) is 10.8 Å². The number of benzene rings is 2. The van der Waals surface area contributed by atoms with Crippen LogP contribution in [0.4, 0.5) is 11.4 Å². The number of aryl methyl sites for hydroxylation is 2. The van der Waals surface area contributed by atoms with Gasteiger partial charge in [0.1, 0.15) is 11.6 Å². The number of carbonyl (C=O) groups is 1. The minimum Gasteiger partial charge on any atom is -0.365 e. The molecule has 0 unspecified atom stereocenters. The van der Waals surface area contributed by atoms with E-state index in [0.717, 1.165) is 11.1 Å². The Kier molecular flexibility index (Phi) is 6.57. The average Bonchev–Trinajstić information content (AvgIpc) is 2.63. The van der Waals surface area contributed by atoms with Crippen molar-refractivity contribution in [2.24, 2.45) is 5.73 Å². The van der Waals surface area contributed by atoms with E-state index < -0.39 is 10.8 Å². The van der Waals surface area contributed by atoms with Crippen molar-refractivity contribution in [3.8, 4) is 6.07 Å². The number of thioether (sulfide) groups is 1. The lowest BCUT2D eigenvalue weighted by Gasteiger charge is -2.13. The van der Waals surface area contributed by atoms with E-state index in [9.17, 15) is 20.2 Å². The molecular weight excluding hydrogens is 364 g/mol. The number of anilines is 1. The predicted molar refractivity (Wildman–Crippen MR) is 106 cm³/mol. The molecule has 0 saturated carbocycles. The Morgan fingerprint density at radius 2 is 2.00 bits per heavy atom. The number of primary amides is 1. The van der Waals surface area contributed by atoms with E-state index in [1.54, 1.807) is 12.1 Å². The van der Waals surface area contributed by atoms with Gasteiger partial charge in [-0.25, -0.2) is 0 Å². The van der Waals surface area contributed by atoms with Crippen molar-refractivity contribution >= 4 is 29.0 Å². The predicted octanol–water partition coefficient (Wildman–Crippen LogP) is 3.78. The molecule has 3 N–H and O–H groups in total. The van der Waals surface area contributed by atoms with Crippen molar-refractivity contribution in [3.05, 3.63) is 79.9 Å². The van der Waals surface area contributed by atoms with Gasteiger partial charge in [0, 0.05) is 23.6 Å². The minimum absolute atomic E-state index is 0.0174. The van der Waals surface area contributed by atoms with Crippen molar-refractivity contribution in [3.63, 3.8) is 0 Å². The molecule has 0 aromatic heterocycles. The van der Waals surface area contributed by atoms with Gasteiger partial charge in [-0.15, -0.1) is 11.8 Å². The summed E-state index contributed by atoms with van der Waals surface area (Å²) in [6, 6.07) is 13.7. The summed E-state index contributed by atoms with van der Waals surface area (Å²) >= 11 is 1.18. The summed E-state index contributed by atoms with van der Waals surface area (Å²) in [6.45, 7) is 3.94. The second-order valence-electron chi connectivity index (χ2n) is 5.82. The van der Waals surface area contributed by atoms with Crippen molar-refractivity contribution in [2.75, 3.05) is 5.32 Å². The number of nitro groups is 1. The largest absolute Gasteiger partial charge is 0.365 e. The summed E-state index contributed by atoms with van der Waals surface area (Å²) in [5, 5.41) is 23.6. The lowest BCUT2D eigenvalue weighted by Crippen LogP contribution is -2.16. The fraction of sp³-hybridized carbons (Fsp3) is 0.158. The third kappa shape index (κ3) is 5.33. The summed E-state index contributed by atoms with van der Waals surface area (Å²) in [5.41, 5.74) is 8.70. The van der Waals surface area contributed by atoms with Gasteiger partial charge in [0.15, 0.2) is 0 Å². The molecule has 0 aliphatic heterocycles. The molecule has 0 bridgehead atoms. The second kappa shape index (κ2) is 8.87. The van der Waals surface area contributed by atoms with E-state index in [-0.39, 0.29) is 11.3 Å². The van der Waals surface area contributed by atoms with E-state index in [1.165, 1.54) is 23.9 Å². The van der Waals surface area contributed by atoms with Crippen LogP contribution in [0.25, 0.3) is 0 Å². The van der Waals surface area contributed by atoms with Gasteiger partial charge in [0.2, 0.25) is 0 Å². The molecule has 0 spiro atoms. The van der Waals surface area contributed by atoms with Crippen LogP contribution in [0.5, 0.6) is 0 Å². The van der Waals surface area contributed by atoms with Crippen molar-refractivity contribution in [1.82, 2.24) is 0 Å². The fourth-order valence-corrected chi connectivity index (χ4v) is 3.23. The Morgan fingerprint density at radius 1 is 1.26 bits per heavy atom. The summed E-state index contributed by atoms with van der Waals surface area (Å²) in [6.07, 6.45) is 0. The Labute approximate surface area is 161 Å². The number of nitriles is 1. The average molecular weight is 382 g/mol. The van der Waals surface area contributed by atoms with E-state index >= 15 is 0 Å². The zero-order valence-corrected chi connectivity index (χ0v) is 15.7. The lowest BCUT2D eigenvalue weighted by molar-refractivity contribution is -0.384. The van der Waals surface area contributed by atoms with Gasteiger partial charge < -0.3 is 11.1 Å². The molecule has 7 nitrogen and oxygen atoms in total. The standard InChI is InChI=1S/C19H18N4O3S/c1-12-6-7-15(8-13(12)2)22-19(17(10-20)18(21)24)27-11-14-4-3-5-16(9-14)23(25)26/h3-9,22H,11H2,1-2H3,(H2,21,24)/b19-17+. The van der Waals surface area contributed by atoms with Gasteiger partial charge in [0.25, 0.3) is 11.6 Å². The van der Waals surface area contributed by atoms with Gasteiger partial charge in [-0.3, -0.25) is 14.9 Å². The number of hydrogen-bond donors (Lipinski definition) is 2. The van der Waals surface area contributed by atoms with Crippen molar-refractivity contribution < 1.29 is 9.72 Å². The summed E-state index contributed by atoms with van der Waals surface area (Å²) in [4.78, 5) is 22.1. The first-order chi connectivity index (χ1) is 12.8. The molecule has 0 saturated heterocycles. The topological polar surface area (TPSA) is 122 Å². The molecule has 0 radical (unpaired) electrons. The van der Waals surface area contributed by atoms with Gasteiger partial charge in [0.05, 0.1) is 9.95 Å². The number of rotatable bonds is 7. The Hall–Kier alpha value is -3.31. The van der Waals surface area contributed by atoms with Crippen molar-refractivity contribution in [2.45, 2.75) is 19.6 Å². The molecule has 0 aliphatic rings. The Balaban J connectivity index is 2.30. The highest BCUT2D eigenvalue weighted by atomic mass is 32.2. The fourth-order valence-electron chi connectivity index (χ4n) is 2.25. The van der Waals surface area contributed by atoms with Crippen LogP contribution < -0.4 is 11.1 Å². The van der Waals surface area contributed by atoms with Gasteiger partial charge >= 0.3 is 0 Å². The molecule has 2 rings (SSSR count). The normalized spacial score (nSPS) is 11.3. The van der Waals surface area contributed by atoms with E-state index in [0.29, 0.717) is 22.0 Å². The van der Waals surface area contributed by atoms with Crippen LogP contribution in [0.1, 0.15) is 16.7 Å². The molecule has 0 fully saturated rings. The second-order valence-corrected chi connectivity index (χ2v) is 6.81. The van der Waals surface area contributed by atoms with Gasteiger partial charge in [-0.1, -0.05) is 18.2 Å². The molecule has 8 heteroatoms. The van der Waals surface area contributed by atoms with Gasteiger partial charge in [-0.2, -0.15) is 5.26 Å². The molecule has 2 aromatic rings. The quantitative estimate of drug-likeness (QED) is 0.325. The monoisotopic (exact) mass is 382 g/mol. The number of nitrogens with two attached hydrogens (primary N) is 1. The smallest absolute Gasteiger partial charge is 0.269 e. The van der Waals surface area contributed by atoms with Crippen LogP contribution in [0.2, 0.25) is 0 Å². The molecule has 0 heterocycles. The summed E-state index contributed by atoms with van der Waals surface area (Å²) in [7, 11) is 0. The number of nitro benzene ring substituents is 1. The number of amides is 1. The third-order valence-corrected chi connectivity index (χ3v) is 4.93. The third-order valence-electron chi connectivity index (χ3n) is 3.85. The van der Waals surface area contributed by atoms with E-state index in [1.807, 2.05) is 38.1 Å². The number of carbonyl (C=O) groups excluding carboxylic acids is 1. The molecule has 0 aliphatic carbocycles. The maximum Gasteiger partial charge on any atom is 0.269 e. The maximum absolute atomic E-state index is 11.6. The SMILES string of the molecule is Cc1ccc(N/C(SCc2cccc([N+](=O)[O-])c2)=C(/C#N)C(N)=O)cc1C. The lowest BCUT2D eigenvalue weighted by atomic mass is 10.1. The van der Waals surface area contributed by atoms with Crippen LogP contribution in [-0.2, 0) is 10.5 Å². The summed E-state index contributed by atoms with van der Waals surface area (Å²) < 4.78 is 0. The molecule has 27 heavy (non-hydrogen) atoms. The first-order valence-corrected chi connectivity index (χ1v) is 8.95. The first-order valence-electron chi connectivity index (χ1n) is 7.96. The number of non-ortho nitro benzene ring substituents is 1. The van der Waals surface area contributed by atoms with E-state index in [2.05, 4.69) is 5.32 Å². The highest BCUT2D eigenvalue weighted by Crippen LogP contribution is 2.28. The van der Waals surface area contributed by atoms with E-state index in [4.69, 9.17) is 5.73 Å². The van der Waals surface area contributed by atoms with Crippen molar-refractivity contribution in [1.29, 1.82) is 5.26 Å². The number of nitrogens with one attached hydrogen (secondary N) is 1. The molecule has 1 amide bonds. The van der Waals surface area contributed by atoms with Crippen LogP contribution in [0, 0.1) is 35.3 Å². The maximum atomic E-state index is 11.6. The first kappa shape index (κ1) is 20.0. The zero-order chi connectivity index (χ0) is 20.0. The van der Waals surface area contributed by atoms with Crippen LogP contribution >= 0.6 is 11.8 Å². The Morgan fingerprint density at radius 3 is 2.59 bits per heavy atom. The molecule has 0 atom stereocenters. The van der Waals surface area contributed by atoms with Crippen LogP contribution in [0.15, 0.2) is 53.1 Å². The molecule has 138 valence electrons. The number of nitrogens with zero attached hydrogens (tertiary/aromatic N) is 2. The van der Waals surface area contributed by atoms with Crippen LogP contribution in [0.3, 0.4) is 0 Å². The zero-order valence-electron chi connectivity index (χ0n) is 14.9. The Bertz CT molecular complexity index is 964. The summed E-state index contributed by atoms with van der Waals surface area (Å²) in [5.74, 6) is -0.511. The molecular formula is C19H18N4O3S. The van der Waals surface area contributed by atoms with Gasteiger partial charge in [-0.05, 0) is 42.7 Å².